The third-order valence-corrected chi connectivity index (χ3v) is 4.92. The highest BCUT2D eigenvalue weighted by atomic mass is 35.5. The number of benzene rings is 1. The summed E-state index contributed by atoms with van der Waals surface area (Å²) < 4.78 is 0. The van der Waals surface area contributed by atoms with E-state index in [1.807, 2.05) is 4.90 Å². The highest BCUT2D eigenvalue weighted by Gasteiger charge is 2.25. The van der Waals surface area contributed by atoms with E-state index >= 15 is 0 Å². The minimum Gasteiger partial charge on any atom is -0.316 e. The van der Waals surface area contributed by atoms with Gasteiger partial charge >= 0.3 is 0 Å². The molecule has 1 aromatic carbocycles. The Kier molecular flexibility index (Phi) is 5.87. The molecule has 2 aliphatic rings. The van der Waals surface area contributed by atoms with Gasteiger partial charge in [-0.05, 0) is 81.3 Å². The van der Waals surface area contributed by atoms with Gasteiger partial charge in [0, 0.05) is 18.7 Å². The lowest BCUT2D eigenvalue weighted by atomic mass is 9.94. The first-order valence-electron chi connectivity index (χ1n) is 8.26. The largest absolute Gasteiger partial charge is 0.316 e. The molecule has 0 aliphatic carbocycles. The van der Waals surface area contributed by atoms with Crippen LogP contribution in [0.3, 0.4) is 0 Å². The van der Waals surface area contributed by atoms with Crippen molar-refractivity contribution in [2.24, 2.45) is 5.92 Å². The maximum absolute atomic E-state index is 12.6. The van der Waals surface area contributed by atoms with Gasteiger partial charge in [-0.25, -0.2) is 0 Å². The fourth-order valence-electron chi connectivity index (χ4n) is 3.76. The minimum absolute atomic E-state index is 0. The van der Waals surface area contributed by atoms with Crippen LogP contribution < -0.4 is 10.2 Å². The molecule has 0 spiro atoms. The van der Waals surface area contributed by atoms with E-state index in [1.54, 1.807) is 0 Å². The van der Waals surface area contributed by atoms with Crippen molar-refractivity contribution in [2.45, 2.75) is 46.0 Å². The lowest BCUT2D eigenvalue weighted by molar-refractivity contribution is -0.119. The summed E-state index contributed by atoms with van der Waals surface area (Å²) >= 11 is 0. The van der Waals surface area contributed by atoms with Crippen molar-refractivity contribution in [3.63, 3.8) is 0 Å². The number of aryl methyl sites for hydroxylation is 2. The van der Waals surface area contributed by atoms with Crippen LogP contribution in [0.1, 0.15) is 42.4 Å². The normalized spacial score (nSPS) is 20.5. The number of fused-ring (bicyclic) bond motifs is 1. The first-order valence-corrected chi connectivity index (χ1v) is 8.26. The monoisotopic (exact) mass is 322 g/mol. The first kappa shape index (κ1) is 17.3. The Morgan fingerprint density at radius 3 is 2.91 bits per heavy atom. The molecule has 1 aromatic rings. The van der Waals surface area contributed by atoms with Gasteiger partial charge in [0.15, 0.2) is 0 Å². The molecule has 1 atom stereocenters. The quantitative estimate of drug-likeness (QED) is 0.925. The van der Waals surface area contributed by atoms with Crippen molar-refractivity contribution in [3.05, 3.63) is 28.8 Å². The van der Waals surface area contributed by atoms with Crippen molar-refractivity contribution in [3.8, 4) is 0 Å². The van der Waals surface area contributed by atoms with Gasteiger partial charge in [-0.3, -0.25) is 4.79 Å². The first-order chi connectivity index (χ1) is 10.1. The highest BCUT2D eigenvalue weighted by molar-refractivity contribution is 5.94. The summed E-state index contributed by atoms with van der Waals surface area (Å²) in [6, 6.07) is 4.42. The topological polar surface area (TPSA) is 32.3 Å². The zero-order valence-corrected chi connectivity index (χ0v) is 14.5. The fraction of sp³-hybridized carbons (Fsp3) is 0.611. The molecule has 2 heterocycles. The summed E-state index contributed by atoms with van der Waals surface area (Å²) in [5.74, 6) is 1.00. The van der Waals surface area contributed by atoms with E-state index in [9.17, 15) is 4.79 Å². The highest BCUT2D eigenvalue weighted by Crippen LogP contribution is 2.32. The number of hydrogen-bond acceptors (Lipinski definition) is 2. The average Bonchev–Trinajstić information content (AvgIpc) is 2.97. The molecule has 4 heteroatoms. The maximum atomic E-state index is 12.6. The number of amides is 1. The van der Waals surface area contributed by atoms with Crippen LogP contribution in [0.4, 0.5) is 5.69 Å². The van der Waals surface area contributed by atoms with Crippen LogP contribution in [-0.4, -0.2) is 25.5 Å². The van der Waals surface area contributed by atoms with Gasteiger partial charge in [0.2, 0.25) is 5.91 Å². The van der Waals surface area contributed by atoms with Crippen molar-refractivity contribution < 1.29 is 4.79 Å². The van der Waals surface area contributed by atoms with E-state index in [1.165, 1.54) is 28.8 Å². The van der Waals surface area contributed by atoms with Crippen molar-refractivity contribution in [2.75, 3.05) is 24.5 Å². The Morgan fingerprint density at radius 2 is 2.18 bits per heavy atom. The van der Waals surface area contributed by atoms with E-state index in [0.29, 0.717) is 18.2 Å². The molecule has 2 aliphatic heterocycles. The van der Waals surface area contributed by atoms with E-state index < -0.39 is 0 Å². The van der Waals surface area contributed by atoms with Crippen LogP contribution in [0.2, 0.25) is 0 Å². The summed E-state index contributed by atoms with van der Waals surface area (Å²) in [7, 11) is 0. The van der Waals surface area contributed by atoms with E-state index in [4.69, 9.17) is 0 Å². The molecule has 22 heavy (non-hydrogen) atoms. The molecule has 1 amide bonds. The number of nitrogens with zero attached hydrogens (tertiary/aromatic N) is 1. The predicted molar refractivity (Wildman–Crippen MR) is 94.0 cm³/mol. The number of rotatable bonds is 3. The van der Waals surface area contributed by atoms with Crippen LogP contribution in [-0.2, 0) is 11.2 Å². The molecule has 0 aromatic heterocycles. The third-order valence-electron chi connectivity index (χ3n) is 4.92. The van der Waals surface area contributed by atoms with Gasteiger partial charge in [-0.2, -0.15) is 0 Å². The van der Waals surface area contributed by atoms with Crippen LogP contribution in [0.5, 0.6) is 0 Å². The maximum Gasteiger partial charge on any atom is 0.226 e. The molecule has 122 valence electrons. The second-order valence-corrected chi connectivity index (χ2v) is 6.63. The molecule has 3 nitrogen and oxygen atoms in total. The summed E-state index contributed by atoms with van der Waals surface area (Å²) in [5.41, 5.74) is 5.14. The van der Waals surface area contributed by atoms with Crippen LogP contribution >= 0.6 is 12.4 Å². The fourth-order valence-corrected chi connectivity index (χ4v) is 3.76. The Morgan fingerprint density at radius 1 is 1.36 bits per heavy atom. The zero-order chi connectivity index (χ0) is 14.8. The second-order valence-electron chi connectivity index (χ2n) is 6.63. The van der Waals surface area contributed by atoms with Gasteiger partial charge in [-0.15, -0.1) is 12.4 Å². The van der Waals surface area contributed by atoms with E-state index in [-0.39, 0.29) is 12.4 Å². The van der Waals surface area contributed by atoms with Gasteiger partial charge in [0.1, 0.15) is 0 Å². The molecular formula is C18H27ClN2O. The number of anilines is 1. The number of nitrogens with one attached hydrogen (secondary N) is 1. The summed E-state index contributed by atoms with van der Waals surface area (Å²) in [5, 5.41) is 3.38. The average molecular weight is 323 g/mol. The zero-order valence-electron chi connectivity index (χ0n) is 13.7. The standard InChI is InChI=1S/C18H26N2O.ClH/c1-13-10-14(2)16-4-3-9-20(17(16)11-13)18(21)6-5-15-7-8-19-12-15;/h10-11,15,19H,3-9,12H2,1-2H3;1H. The Balaban J connectivity index is 0.00000176. The molecule has 0 saturated carbocycles. The van der Waals surface area contributed by atoms with Crippen LogP contribution in [0.25, 0.3) is 0 Å². The molecule has 1 N–H and O–H groups in total. The van der Waals surface area contributed by atoms with E-state index in [0.717, 1.165) is 38.9 Å². The van der Waals surface area contributed by atoms with Gasteiger partial charge in [0.05, 0.1) is 0 Å². The number of halogens is 1. The summed E-state index contributed by atoms with van der Waals surface area (Å²) in [6.45, 7) is 7.38. The minimum atomic E-state index is 0. The lowest BCUT2D eigenvalue weighted by Crippen LogP contribution is -2.36. The second kappa shape index (κ2) is 7.47. The van der Waals surface area contributed by atoms with Crippen molar-refractivity contribution in [1.29, 1.82) is 0 Å². The van der Waals surface area contributed by atoms with E-state index in [2.05, 4.69) is 31.3 Å². The smallest absolute Gasteiger partial charge is 0.226 e. The van der Waals surface area contributed by atoms with Crippen molar-refractivity contribution >= 4 is 24.0 Å². The molecular weight excluding hydrogens is 296 g/mol. The predicted octanol–water partition coefficient (Wildman–Crippen LogP) is 3.39. The molecule has 1 unspecified atom stereocenters. The Hall–Kier alpha value is -1.06. The molecule has 1 saturated heterocycles. The number of carbonyl (C=O) groups excluding carboxylic acids is 1. The number of carbonyl (C=O) groups is 1. The van der Waals surface area contributed by atoms with Gasteiger partial charge in [0.25, 0.3) is 0 Å². The summed E-state index contributed by atoms with van der Waals surface area (Å²) in [4.78, 5) is 14.7. The molecule has 0 radical (unpaired) electrons. The SMILES string of the molecule is Cc1cc(C)c2c(c1)N(C(=O)CCC1CCNC1)CCC2.Cl. The number of hydrogen-bond donors (Lipinski definition) is 1. The molecule has 1 fully saturated rings. The van der Waals surface area contributed by atoms with Crippen molar-refractivity contribution in [1.82, 2.24) is 5.32 Å². The van der Waals surface area contributed by atoms with Crippen LogP contribution in [0, 0.1) is 19.8 Å². The molecule has 3 rings (SSSR count). The Bertz CT molecular complexity index is 538. The van der Waals surface area contributed by atoms with Crippen LogP contribution in [0.15, 0.2) is 12.1 Å². The lowest BCUT2D eigenvalue weighted by Gasteiger charge is -2.31. The third kappa shape index (κ3) is 3.64. The van der Waals surface area contributed by atoms with Gasteiger partial charge in [-0.1, -0.05) is 6.07 Å². The summed E-state index contributed by atoms with van der Waals surface area (Å²) in [6.07, 6.45) is 5.15. The Labute approximate surface area is 139 Å². The molecule has 0 bridgehead atoms. The van der Waals surface area contributed by atoms with Gasteiger partial charge < -0.3 is 10.2 Å².